The standard InChI is InChI=1S/C28H37ClN6O2/c1-20(2)33-14-16-34(17-15-33)28(10-5-4-6-11-28)19-32-26(36)21-18-35(23-9-7-8-22(29)24(21)23)25-27(37-3)31-13-12-30-25/h7-9,12-13,18,20H,4-6,10-11,14-17,19H2,1-3H3,(H,32,36). The summed E-state index contributed by atoms with van der Waals surface area (Å²) in [5.41, 5.74) is 1.32. The van der Waals surface area contributed by atoms with Crippen LogP contribution in [0.5, 0.6) is 5.88 Å². The van der Waals surface area contributed by atoms with Crippen LogP contribution in [0.2, 0.25) is 5.02 Å². The Morgan fingerprint density at radius 2 is 1.84 bits per heavy atom. The van der Waals surface area contributed by atoms with Crippen LogP contribution in [0.15, 0.2) is 36.8 Å². The van der Waals surface area contributed by atoms with Crippen molar-refractivity contribution in [2.24, 2.45) is 0 Å². The lowest BCUT2D eigenvalue weighted by Gasteiger charge is -2.50. The molecule has 198 valence electrons. The van der Waals surface area contributed by atoms with Gasteiger partial charge in [-0.15, -0.1) is 0 Å². The first-order valence-corrected chi connectivity index (χ1v) is 13.7. The molecule has 1 N–H and O–H groups in total. The summed E-state index contributed by atoms with van der Waals surface area (Å²) >= 11 is 6.64. The monoisotopic (exact) mass is 524 g/mol. The predicted octanol–water partition coefficient (Wildman–Crippen LogP) is 4.54. The molecule has 3 heterocycles. The maximum atomic E-state index is 13.7. The lowest BCUT2D eigenvalue weighted by Crippen LogP contribution is -2.62. The van der Waals surface area contributed by atoms with Crippen LogP contribution in [0.4, 0.5) is 0 Å². The minimum absolute atomic E-state index is 0.00721. The second-order valence-corrected chi connectivity index (χ2v) is 10.9. The number of hydrogen-bond acceptors (Lipinski definition) is 6. The molecule has 1 amide bonds. The number of hydrogen-bond donors (Lipinski definition) is 1. The van der Waals surface area contributed by atoms with Gasteiger partial charge in [0.15, 0.2) is 0 Å². The molecule has 2 fully saturated rings. The van der Waals surface area contributed by atoms with E-state index in [0.717, 1.165) is 44.5 Å². The van der Waals surface area contributed by atoms with Crippen LogP contribution in [-0.4, -0.2) is 81.7 Å². The number of carbonyl (C=O) groups is 1. The molecule has 5 rings (SSSR count). The summed E-state index contributed by atoms with van der Waals surface area (Å²) in [7, 11) is 1.56. The number of nitrogens with one attached hydrogen (secondary N) is 1. The number of methoxy groups -OCH3 is 1. The SMILES string of the molecule is COc1nccnc1-n1cc(C(=O)NCC2(N3CCN(C(C)C)CC3)CCCCC2)c2c(Cl)cccc21. The number of benzene rings is 1. The summed E-state index contributed by atoms with van der Waals surface area (Å²) < 4.78 is 7.28. The third-order valence-corrected chi connectivity index (χ3v) is 8.48. The van der Waals surface area contributed by atoms with Gasteiger partial charge in [0.05, 0.1) is 23.2 Å². The first-order chi connectivity index (χ1) is 17.9. The van der Waals surface area contributed by atoms with Gasteiger partial charge >= 0.3 is 0 Å². The van der Waals surface area contributed by atoms with Gasteiger partial charge in [0.2, 0.25) is 5.82 Å². The van der Waals surface area contributed by atoms with Crippen molar-refractivity contribution in [1.29, 1.82) is 0 Å². The number of aromatic nitrogens is 3. The van der Waals surface area contributed by atoms with Crippen molar-refractivity contribution in [2.45, 2.75) is 57.5 Å². The Balaban J connectivity index is 1.42. The van der Waals surface area contributed by atoms with E-state index in [0.29, 0.717) is 40.3 Å². The zero-order valence-electron chi connectivity index (χ0n) is 22.0. The number of piperazine rings is 1. The van der Waals surface area contributed by atoms with Gasteiger partial charge < -0.3 is 10.1 Å². The van der Waals surface area contributed by atoms with Crippen molar-refractivity contribution in [2.75, 3.05) is 39.8 Å². The minimum atomic E-state index is -0.120. The second-order valence-electron chi connectivity index (χ2n) is 10.5. The van der Waals surface area contributed by atoms with Crippen LogP contribution in [0.25, 0.3) is 16.7 Å². The van der Waals surface area contributed by atoms with Crippen molar-refractivity contribution in [3.8, 4) is 11.7 Å². The quantitative estimate of drug-likeness (QED) is 0.489. The molecule has 1 aliphatic carbocycles. The van der Waals surface area contributed by atoms with Crippen LogP contribution in [0.1, 0.15) is 56.3 Å². The third-order valence-electron chi connectivity index (χ3n) is 8.17. The number of halogens is 1. The van der Waals surface area contributed by atoms with Crippen molar-refractivity contribution in [1.82, 2.24) is 29.7 Å². The highest BCUT2D eigenvalue weighted by atomic mass is 35.5. The predicted molar refractivity (Wildman–Crippen MR) is 147 cm³/mol. The van der Waals surface area contributed by atoms with Gasteiger partial charge in [-0.1, -0.05) is 36.9 Å². The average Bonchev–Trinajstić information content (AvgIpc) is 3.33. The van der Waals surface area contributed by atoms with Gasteiger partial charge in [-0.25, -0.2) is 9.97 Å². The van der Waals surface area contributed by atoms with Crippen LogP contribution in [0, 0.1) is 0 Å². The lowest BCUT2D eigenvalue weighted by molar-refractivity contribution is 0.000839. The third kappa shape index (κ3) is 5.07. The molecule has 0 bridgehead atoms. The molecule has 0 spiro atoms. The van der Waals surface area contributed by atoms with E-state index in [-0.39, 0.29) is 11.4 Å². The van der Waals surface area contributed by atoms with Gasteiger partial charge in [-0.05, 0) is 38.8 Å². The van der Waals surface area contributed by atoms with Crippen molar-refractivity contribution >= 4 is 28.4 Å². The molecule has 9 heteroatoms. The van der Waals surface area contributed by atoms with E-state index in [1.165, 1.54) is 19.3 Å². The van der Waals surface area contributed by atoms with E-state index in [9.17, 15) is 4.79 Å². The van der Waals surface area contributed by atoms with E-state index in [2.05, 4.69) is 38.9 Å². The summed E-state index contributed by atoms with van der Waals surface area (Å²) in [6.07, 6.45) is 10.9. The highest BCUT2D eigenvalue weighted by molar-refractivity contribution is 6.37. The van der Waals surface area contributed by atoms with Gasteiger partial charge in [-0.2, -0.15) is 0 Å². The molecule has 1 saturated heterocycles. The maximum Gasteiger partial charge on any atom is 0.258 e. The zero-order chi connectivity index (χ0) is 26.0. The number of nitrogens with zero attached hydrogens (tertiary/aromatic N) is 5. The van der Waals surface area contributed by atoms with Crippen LogP contribution in [-0.2, 0) is 0 Å². The average molecular weight is 525 g/mol. The number of carbonyl (C=O) groups excluding carboxylic acids is 1. The van der Waals surface area contributed by atoms with E-state index < -0.39 is 0 Å². The van der Waals surface area contributed by atoms with E-state index in [1.54, 1.807) is 25.7 Å². The second kappa shape index (κ2) is 11.0. The first-order valence-electron chi connectivity index (χ1n) is 13.4. The summed E-state index contributed by atoms with van der Waals surface area (Å²) in [5.74, 6) is 0.779. The molecule has 1 aliphatic heterocycles. The molecule has 1 aromatic carbocycles. The largest absolute Gasteiger partial charge is 0.478 e. The minimum Gasteiger partial charge on any atom is -0.478 e. The number of ether oxygens (including phenoxy) is 1. The van der Waals surface area contributed by atoms with Crippen molar-refractivity contribution < 1.29 is 9.53 Å². The Morgan fingerprint density at radius 1 is 1.11 bits per heavy atom. The van der Waals surface area contributed by atoms with Crippen molar-refractivity contribution in [3.63, 3.8) is 0 Å². The molecule has 0 unspecified atom stereocenters. The molecule has 8 nitrogen and oxygen atoms in total. The first kappa shape index (κ1) is 25.9. The smallest absolute Gasteiger partial charge is 0.258 e. The molecule has 0 radical (unpaired) electrons. The Labute approximate surface area is 224 Å². The van der Waals surface area contributed by atoms with Crippen LogP contribution < -0.4 is 10.1 Å². The molecular formula is C28H37ClN6O2. The highest BCUT2D eigenvalue weighted by Gasteiger charge is 2.40. The topological polar surface area (TPSA) is 75.5 Å². The van der Waals surface area contributed by atoms with E-state index in [1.807, 2.05) is 22.8 Å². The maximum absolute atomic E-state index is 13.7. The highest BCUT2D eigenvalue weighted by Crippen LogP contribution is 2.35. The molecule has 2 aliphatic rings. The fourth-order valence-corrected chi connectivity index (χ4v) is 6.36. The number of fused-ring (bicyclic) bond motifs is 1. The van der Waals surface area contributed by atoms with Gasteiger partial charge in [0, 0.05) is 68.3 Å². The van der Waals surface area contributed by atoms with Crippen LogP contribution >= 0.6 is 11.6 Å². The summed E-state index contributed by atoms with van der Waals surface area (Å²) in [5, 5.41) is 4.56. The summed E-state index contributed by atoms with van der Waals surface area (Å²) in [6.45, 7) is 9.43. The molecule has 3 aromatic rings. The zero-order valence-corrected chi connectivity index (χ0v) is 22.8. The molecule has 37 heavy (non-hydrogen) atoms. The fourth-order valence-electron chi connectivity index (χ4n) is 6.09. The molecule has 1 saturated carbocycles. The normalized spacial score (nSPS) is 18.8. The Morgan fingerprint density at radius 3 is 2.54 bits per heavy atom. The Kier molecular flexibility index (Phi) is 7.70. The molecular weight excluding hydrogens is 488 g/mol. The van der Waals surface area contributed by atoms with E-state index >= 15 is 0 Å². The molecule has 0 atom stereocenters. The fraction of sp³-hybridized carbons (Fsp3) is 0.536. The Bertz CT molecular complexity index is 1240. The summed E-state index contributed by atoms with van der Waals surface area (Å²) in [4.78, 5) is 27.7. The number of amides is 1. The molecule has 2 aromatic heterocycles. The summed E-state index contributed by atoms with van der Waals surface area (Å²) in [6, 6.07) is 6.19. The van der Waals surface area contributed by atoms with Crippen molar-refractivity contribution in [3.05, 3.63) is 47.4 Å². The van der Waals surface area contributed by atoms with Gasteiger partial charge in [-0.3, -0.25) is 19.2 Å². The van der Waals surface area contributed by atoms with E-state index in [4.69, 9.17) is 16.3 Å². The van der Waals surface area contributed by atoms with Gasteiger partial charge in [0.25, 0.3) is 11.8 Å². The van der Waals surface area contributed by atoms with Gasteiger partial charge in [0.1, 0.15) is 0 Å². The number of rotatable bonds is 7. The lowest BCUT2D eigenvalue weighted by atomic mass is 9.79. The Hall–Kier alpha value is -2.68. The van der Waals surface area contributed by atoms with Crippen LogP contribution in [0.3, 0.4) is 0 Å².